The predicted octanol–water partition coefficient (Wildman–Crippen LogP) is 4.36. The lowest BCUT2D eigenvalue weighted by Gasteiger charge is -2.27. The topological polar surface area (TPSA) is 94.2 Å². The Morgan fingerprint density at radius 3 is 2.55 bits per heavy atom. The number of fused-ring (bicyclic) bond motifs is 1. The van der Waals surface area contributed by atoms with Crippen molar-refractivity contribution < 1.29 is 9.53 Å². The monoisotopic (exact) mass is 439 g/mol. The number of carbonyl (C=O) groups is 1. The van der Waals surface area contributed by atoms with E-state index in [1.807, 2.05) is 30.5 Å². The van der Waals surface area contributed by atoms with Crippen molar-refractivity contribution in [3.05, 3.63) is 78.4 Å². The Morgan fingerprint density at radius 1 is 0.939 bits per heavy atom. The van der Waals surface area contributed by atoms with Gasteiger partial charge in [-0.2, -0.15) is 0 Å². The normalized spacial score (nSPS) is 13.8. The Bertz CT molecular complexity index is 1280. The molecule has 1 fully saturated rings. The van der Waals surface area contributed by atoms with Crippen LogP contribution in [0.2, 0.25) is 0 Å². The molecule has 0 bridgehead atoms. The van der Waals surface area contributed by atoms with Gasteiger partial charge in [0.05, 0.1) is 16.8 Å². The van der Waals surface area contributed by atoms with Gasteiger partial charge in [0.2, 0.25) is 0 Å². The molecule has 3 aromatic heterocycles. The van der Waals surface area contributed by atoms with Gasteiger partial charge in [0, 0.05) is 42.6 Å². The number of nitrogens with zero attached hydrogens (tertiary/aromatic N) is 4. The number of amides is 1. The third-order valence-electron chi connectivity index (χ3n) is 5.96. The number of hydrogen-bond acceptors (Lipinski definition) is 6. The Balaban J connectivity index is 1.46. The van der Waals surface area contributed by atoms with E-state index in [0.717, 1.165) is 40.9 Å². The molecule has 4 aromatic rings. The SMILES string of the molecule is NC(=O)c1cccnc1COc1cc(-c2ccc(N3CCCCC3)nc2)cc2ncccc12. The zero-order valence-electron chi connectivity index (χ0n) is 18.3. The molecule has 5 rings (SSSR count). The van der Waals surface area contributed by atoms with Crippen molar-refractivity contribution in [3.63, 3.8) is 0 Å². The quantitative estimate of drug-likeness (QED) is 0.480. The Labute approximate surface area is 192 Å². The first kappa shape index (κ1) is 20.9. The van der Waals surface area contributed by atoms with E-state index in [4.69, 9.17) is 15.5 Å². The predicted molar refractivity (Wildman–Crippen MR) is 128 cm³/mol. The molecule has 166 valence electrons. The smallest absolute Gasteiger partial charge is 0.250 e. The minimum Gasteiger partial charge on any atom is -0.487 e. The molecule has 0 unspecified atom stereocenters. The molecule has 1 amide bonds. The molecule has 2 N–H and O–H groups in total. The van der Waals surface area contributed by atoms with Crippen LogP contribution in [0.4, 0.5) is 5.82 Å². The summed E-state index contributed by atoms with van der Waals surface area (Å²) in [6.07, 6.45) is 9.01. The number of ether oxygens (including phenoxy) is 1. The van der Waals surface area contributed by atoms with Crippen molar-refractivity contribution in [2.75, 3.05) is 18.0 Å². The summed E-state index contributed by atoms with van der Waals surface area (Å²) < 4.78 is 6.14. The van der Waals surface area contributed by atoms with Gasteiger partial charge in [0.1, 0.15) is 18.2 Å². The summed E-state index contributed by atoms with van der Waals surface area (Å²) in [6.45, 7) is 2.24. The molecule has 0 aliphatic carbocycles. The number of piperidine rings is 1. The molecule has 33 heavy (non-hydrogen) atoms. The molecule has 7 heteroatoms. The average Bonchev–Trinajstić information content (AvgIpc) is 2.88. The van der Waals surface area contributed by atoms with E-state index < -0.39 is 5.91 Å². The van der Waals surface area contributed by atoms with Crippen LogP contribution in [0.5, 0.6) is 5.75 Å². The third-order valence-corrected chi connectivity index (χ3v) is 5.96. The Kier molecular flexibility index (Phi) is 5.85. The summed E-state index contributed by atoms with van der Waals surface area (Å²) >= 11 is 0. The minimum atomic E-state index is -0.526. The van der Waals surface area contributed by atoms with Gasteiger partial charge in [0.15, 0.2) is 0 Å². The Hall–Kier alpha value is -4.00. The zero-order valence-corrected chi connectivity index (χ0v) is 18.3. The summed E-state index contributed by atoms with van der Waals surface area (Å²) in [6, 6.07) is 15.4. The highest BCUT2D eigenvalue weighted by Gasteiger charge is 2.14. The van der Waals surface area contributed by atoms with E-state index >= 15 is 0 Å². The zero-order chi connectivity index (χ0) is 22.6. The molecular weight excluding hydrogens is 414 g/mol. The average molecular weight is 440 g/mol. The van der Waals surface area contributed by atoms with Crippen molar-refractivity contribution in [2.24, 2.45) is 5.73 Å². The number of pyridine rings is 3. The maximum absolute atomic E-state index is 11.7. The second kappa shape index (κ2) is 9.24. The molecule has 1 aliphatic rings. The van der Waals surface area contributed by atoms with Gasteiger partial charge in [-0.25, -0.2) is 4.98 Å². The van der Waals surface area contributed by atoms with Gasteiger partial charge in [-0.1, -0.05) is 0 Å². The molecule has 0 atom stereocenters. The number of rotatable bonds is 6. The summed E-state index contributed by atoms with van der Waals surface area (Å²) in [5.41, 5.74) is 9.11. The van der Waals surface area contributed by atoms with Crippen LogP contribution < -0.4 is 15.4 Å². The van der Waals surface area contributed by atoms with E-state index in [2.05, 4.69) is 27.0 Å². The fourth-order valence-electron chi connectivity index (χ4n) is 4.23. The van der Waals surface area contributed by atoms with Gasteiger partial charge >= 0.3 is 0 Å². The van der Waals surface area contributed by atoms with Crippen LogP contribution in [0.25, 0.3) is 22.0 Å². The van der Waals surface area contributed by atoms with E-state index in [9.17, 15) is 4.79 Å². The van der Waals surface area contributed by atoms with Crippen molar-refractivity contribution in [1.29, 1.82) is 0 Å². The Morgan fingerprint density at radius 2 is 1.76 bits per heavy atom. The lowest BCUT2D eigenvalue weighted by molar-refractivity contribution is 0.0997. The van der Waals surface area contributed by atoms with Crippen molar-refractivity contribution in [3.8, 4) is 16.9 Å². The summed E-state index contributed by atoms with van der Waals surface area (Å²) in [5, 5.41) is 0.885. The van der Waals surface area contributed by atoms with Crippen LogP contribution >= 0.6 is 0 Å². The molecule has 1 aliphatic heterocycles. The number of anilines is 1. The summed E-state index contributed by atoms with van der Waals surface area (Å²) in [7, 11) is 0. The maximum Gasteiger partial charge on any atom is 0.250 e. The second-order valence-corrected chi connectivity index (χ2v) is 8.15. The highest BCUT2D eigenvalue weighted by Crippen LogP contribution is 2.32. The van der Waals surface area contributed by atoms with Gasteiger partial charge in [-0.15, -0.1) is 0 Å². The number of nitrogens with two attached hydrogens (primary N) is 1. The fraction of sp³-hybridized carbons (Fsp3) is 0.231. The minimum absolute atomic E-state index is 0.124. The summed E-state index contributed by atoms with van der Waals surface area (Å²) in [4.78, 5) is 27.6. The largest absolute Gasteiger partial charge is 0.487 e. The first-order valence-corrected chi connectivity index (χ1v) is 11.2. The van der Waals surface area contributed by atoms with Gasteiger partial charge in [0.25, 0.3) is 5.91 Å². The van der Waals surface area contributed by atoms with Crippen LogP contribution in [0.3, 0.4) is 0 Å². The first-order chi connectivity index (χ1) is 16.2. The van der Waals surface area contributed by atoms with Crippen molar-refractivity contribution in [1.82, 2.24) is 15.0 Å². The maximum atomic E-state index is 11.7. The van der Waals surface area contributed by atoms with E-state index in [1.165, 1.54) is 19.3 Å². The van der Waals surface area contributed by atoms with Crippen LogP contribution in [-0.4, -0.2) is 33.9 Å². The molecule has 0 radical (unpaired) electrons. The van der Waals surface area contributed by atoms with Crippen LogP contribution in [0, 0.1) is 0 Å². The van der Waals surface area contributed by atoms with E-state index in [-0.39, 0.29) is 6.61 Å². The molecule has 4 heterocycles. The van der Waals surface area contributed by atoms with Crippen LogP contribution in [-0.2, 0) is 6.61 Å². The highest BCUT2D eigenvalue weighted by atomic mass is 16.5. The third kappa shape index (κ3) is 4.48. The van der Waals surface area contributed by atoms with Gasteiger partial charge < -0.3 is 15.4 Å². The molecule has 0 spiro atoms. The number of primary amides is 1. The number of carbonyl (C=O) groups excluding carboxylic acids is 1. The number of benzene rings is 1. The van der Waals surface area contributed by atoms with E-state index in [0.29, 0.717) is 17.0 Å². The standard InChI is InChI=1S/C26H25N5O2/c27-26(32)21-7-5-11-29-23(21)17-33-24-15-19(14-22-20(24)6-4-10-28-22)18-8-9-25(30-16-18)31-12-2-1-3-13-31/h4-11,14-16H,1-3,12-13,17H2,(H2,27,32). The number of aromatic nitrogens is 3. The molecule has 7 nitrogen and oxygen atoms in total. The lowest BCUT2D eigenvalue weighted by atomic mass is 10.0. The summed E-state index contributed by atoms with van der Waals surface area (Å²) in [5.74, 6) is 1.15. The van der Waals surface area contributed by atoms with Gasteiger partial charge in [-0.05, 0) is 73.4 Å². The molecule has 0 saturated carbocycles. The second-order valence-electron chi connectivity index (χ2n) is 8.15. The van der Waals surface area contributed by atoms with Crippen molar-refractivity contribution >= 4 is 22.6 Å². The highest BCUT2D eigenvalue weighted by molar-refractivity contribution is 5.94. The fourth-order valence-corrected chi connectivity index (χ4v) is 4.23. The lowest BCUT2D eigenvalue weighted by Crippen LogP contribution is -2.29. The molecular formula is C26H25N5O2. The number of hydrogen-bond donors (Lipinski definition) is 1. The van der Waals surface area contributed by atoms with Gasteiger partial charge in [-0.3, -0.25) is 14.8 Å². The first-order valence-electron chi connectivity index (χ1n) is 11.2. The molecule has 1 saturated heterocycles. The van der Waals surface area contributed by atoms with Crippen LogP contribution in [0.15, 0.2) is 67.1 Å². The van der Waals surface area contributed by atoms with Crippen LogP contribution in [0.1, 0.15) is 35.3 Å². The van der Waals surface area contributed by atoms with E-state index in [1.54, 1.807) is 24.5 Å². The van der Waals surface area contributed by atoms with Crippen molar-refractivity contribution in [2.45, 2.75) is 25.9 Å². The molecule has 1 aromatic carbocycles.